The van der Waals surface area contributed by atoms with E-state index in [1.54, 1.807) is 0 Å². The Balaban J connectivity index is 0.00000456. The van der Waals surface area contributed by atoms with Crippen molar-refractivity contribution < 1.29 is 131 Å². The van der Waals surface area contributed by atoms with Crippen molar-refractivity contribution in [3.05, 3.63) is 85.4 Å². The quantitative estimate of drug-likeness (QED) is 0.257. The fraction of sp³-hybridized carbons (Fsp3) is 0.0870. The van der Waals surface area contributed by atoms with Crippen LogP contribution in [0.25, 0.3) is 5.57 Å². The first-order valence-electron chi connectivity index (χ1n) is 9.55. The fourth-order valence-corrected chi connectivity index (χ4v) is 5.05. The van der Waals surface area contributed by atoms with Crippen molar-refractivity contribution in [1.82, 2.24) is 0 Å². The first-order chi connectivity index (χ1) is 16.2. The van der Waals surface area contributed by atoms with Crippen LogP contribution < -0.4 is 104 Å². The zero-order valence-electron chi connectivity index (χ0n) is 20.8. The van der Waals surface area contributed by atoms with Gasteiger partial charge in [0.25, 0.3) is 10.1 Å². The molecule has 0 saturated heterocycles. The maximum Gasteiger partial charge on any atom is 1.00 e. The number of hydrogen-bond acceptors (Lipinski definition) is 8. The van der Waals surface area contributed by atoms with Crippen molar-refractivity contribution in [2.24, 2.45) is 0 Å². The minimum atomic E-state index is -4.89. The van der Waals surface area contributed by atoms with E-state index in [0.29, 0.717) is 0 Å². The molecule has 0 bridgehead atoms. The summed E-state index contributed by atoms with van der Waals surface area (Å²) >= 11 is 12.6. The van der Waals surface area contributed by atoms with E-state index in [2.05, 4.69) is 0 Å². The summed E-state index contributed by atoms with van der Waals surface area (Å²) in [7, 11) is -4.89. The van der Waals surface area contributed by atoms with Crippen molar-refractivity contribution in [1.29, 1.82) is 0 Å². The number of halogens is 2. The molecule has 9 nitrogen and oxygen atoms in total. The molecule has 2 aromatic rings. The Labute approximate surface area is 294 Å². The monoisotopic (exact) mass is 604 g/mol. The summed E-state index contributed by atoms with van der Waals surface area (Å²) in [6.45, 7) is 2.50. The molecule has 1 N–H and O–H groups in total. The summed E-state index contributed by atoms with van der Waals surface area (Å²) in [6.07, 6.45) is 2.11. The Morgan fingerprint density at radius 3 is 2.03 bits per heavy atom. The maximum atomic E-state index is 12.3. The number of carboxylic acids is 2. The Morgan fingerprint density at radius 1 is 0.947 bits per heavy atom. The van der Waals surface area contributed by atoms with Gasteiger partial charge < -0.3 is 24.9 Å². The number of aryl methyl sites for hydroxylation is 1. The molecule has 3 rings (SSSR count). The summed E-state index contributed by atoms with van der Waals surface area (Å²) in [6, 6.07) is 4.06. The molecule has 0 amide bonds. The van der Waals surface area contributed by atoms with Crippen LogP contribution in [0.1, 0.15) is 34.0 Å². The molecule has 38 heavy (non-hydrogen) atoms. The van der Waals surface area contributed by atoms with Gasteiger partial charge in [0.1, 0.15) is 4.90 Å². The summed E-state index contributed by atoms with van der Waals surface area (Å²) in [5.74, 6) is -5.13. The molecule has 0 atom stereocenters. The SMILES string of the molecule is CC1=C(C(=O)[O-])/C(=C(\c2cc(C)c([O-])c(C(=O)[O-])c2)c2c(Cl)ccc(S(=O)(=O)O)c2Cl)C=CC1=O.[Na+].[Na+].[Na+]. The number of ketones is 1. The average Bonchev–Trinajstić information content (AvgIpc) is 2.73. The first-order valence-corrected chi connectivity index (χ1v) is 11.7. The van der Waals surface area contributed by atoms with E-state index in [1.165, 1.54) is 19.9 Å². The van der Waals surface area contributed by atoms with Crippen LogP contribution in [0.2, 0.25) is 10.0 Å². The van der Waals surface area contributed by atoms with Gasteiger partial charge in [-0.05, 0) is 66.5 Å². The van der Waals surface area contributed by atoms with Crippen LogP contribution in [0.5, 0.6) is 5.75 Å². The molecule has 1 aliphatic rings. The van der Waals surface area contributed by atoms with Crippen LogP contribution >= 0.6 is 23.2 Å². The minimum absolute atomic E-state index is 0. The molecule has 0 saturated carbocycles. The van der Waals surface area contributed by atoms with Gasteiger partial charge in [-0.1, -0.05) is 40.6 Å². The second-order valence-electron chi connectivity index (χ2n) is 7.44. The molecule has 1 aliphatic carbocycles. The molecule has 0 aromatic heterocycles. The molecule has 0 unspecified atom stereocenters. The van der Waals surface area contributed by atoms with Crippen LogP contribution in [0, 0.1) is 6.92 Å². The van der Waals surface area contributed by atoms with E-state index in [0.717, 1.165) is 30.4 Å². The Kier molecular flexibility index (Phi) is 14.3. The Morgan fingerprint density at radius 2 is 1.53 bits per heavy atom. The molecule has 15 heteroatoms. The van der Waals surface area contributed by atoms with Gasteiger partial charge in [-0.2, -0.15) is 8.42 Å². The van der Waals surface area contributed by atoms with Gasteiger partial charge in [-0.25, -0.2) is 0 Å². The second-order valence-corrected chi connectivity index (χ2v) is 9.62. The molecule has 2 aromatic carbocycles. The van der Waals surface area contributed by atoms with Gasteiger partial charge >= 0.3 is 88.7 Å². The number of hydrogen-bond donors (Lipinski definition) is 1. The number of carboxylic acid groups (broad SMARTS) is 2. The number of aromatic carboxylic acids is 1. The largest absolute Gasteiger partial charge is 1.00 e. The number of rotatable bonds is 5. The minimum Gasteiger partial charge on any atom is -0.872 e. The third kappa shape index (κ3) is 7.44. The fourth-order valence-electron chi connectivity index (χ4n) is 3.63. The van der Waals surface area contributed by atoms with E-state index in [4.69, 9.17) is 23.2 Å². The van der Waals surface area contributed by atoms with E-state index in [1.807, 2.05) is 0 Å². The summed E-state index contributed by atoms with van der Waals surface area (Å²) in [5.41, 5.74) is -2.60. The number of allylic oxidation sites excluding steroid dienone is 3. The number of benzene rings is 2. The second kappa shape index (κ2) is 14.5. The van der Waals surface area contributed by atoms with Gasteiger partial charge in [0, 0.05) is 16.7 Å². The Hall–Kier alpha value is -0.440. The normalized spacial score (nSPS) is 14.2. The average molecular weight is 605 g/mol. The van der Waals surface area contributed by atoms with E-state index in [-0.39, 0.29) is 127 Å². The van der Waals surface area contributed by atoms with Crippen LogP contribution in [0.4, 0.5) is 0 Å². The van der Waals surface area contributed by atoms with Crippen molar-refractivity contribution in [3.63, 3.8) is 0 Å². The van der Waals surface area contributed by atoms with E-state index >= 15 is 0 Å². The summed E-state index contributed by atoms with van der Waals surface area (Å²) in [4.78, 5) is 35.0. The number of aliphatic carboxylic acids is 1. The smallest absolute Gasteiger partial charge is 0.872 e. The zero-order chi connectivity index (χ0) is 26.4. The van der Waals surface area contributed by atoms with Gasteiger partial charge in [0.2, 0.25) is 0 Å². The van der Waals surface area contributed by atoms with Crippen LogP contribution in [-0.2, 0) is 19.7 Å². The molecule has 182 valence electrons. The van der Waals surface area contributed by atoms with Gasteiger partial charge in [-0.15, -0.1) is 0 Å². The number of carbonyl (C=O) groups excluding carboxylic acids is 3. The topological polar surface area (TPSA) is 175 Å². The third-order valence-electron chi connectivity index (χ3n) is 5.26. The third-order valence-corrected chi connectivity index (χ3v) is 6.97. The first kappa shape index (κ1) is 37.6. The summed E-state index contributed by atoms with van der Waals surface area (Å²) in [5, 5.41) is 35.1. The predicted octanol–water partition coefficient (Wildman–Crippen LogP) is -8.00. The van der Waals surface area contributed by atoms with Gasteiger partial charge in [0.15, 0.2) is 5.78 Å². The predicted molar refractivity (Wildman–Crippen MR) is 119 cm³/mol. The van der Waals surface area contributed by atoms with Gasteiger partial charge in [-0.3, -0.25) is 9.35 Å². The Bertz CT molecular complexity index is 1550. The number of carbonyl (C=O) groups is 3. The van der Waals surface area contributed by atoms with Crippen molar-refractivity contribution in [2.45, 2.75) is 18.7 Å². The van der Waals surface area contributed by atoms with Crippen LogP contribution in [0.3, 0.4) is 0 Å². The van der Waals surface area contributed by atoms with E-state index < -0.39 is 54.6 Å². The standard InChI is InChI=1S/C23H16Cl2O9S.3Na/c1-9-7-11(8-13(21(9)27)22(28)29)18(12-3-5-15(26)10(2)17(12)23(30)31)19-14(24)4-6-16(20(19)25)35(32,33)34;;;/h3-8,27H,1-2H3,(H,28,29)(H,30,31)(H,32,33,34);;;/q;3*+1/p-3/b18-12+;;;. The van der Waals surface area contributed by atoms with Crippen molar-refractivity contribution >= 4 is 56.6 Å². The van der Waals surface area contributed by atoms with Crippen LogP contribution in [0.15, 0.2) is 58.0 Å². The molecule has 0 heterocycles. The van der Waals surface area contributed by atoms with Crippen molar-refractivity contribution in [3.8, 4) is 5.75 Å². The molecule has 0 aliphatic heterocycles. The van der Waals surface area contributed by atoms with Crippen LogP contribution in [-0.4, -0.2) is 30.7 Å². The maximum absolute atomic E-state index is 12.3. The zero-order valence-corrected chi connectivity index (χ0v) is 29.2. The van der Waals surface area contributed by atoms with Crippen molar-refractivity contribution in [2.75, 3.05) is 0 Å². The molecular weight excluding hydrogens is 592 g/mol. The van der Waals surface area contributed by atoms with Gasteiger partial charge in [0.05, 0.1) is 22.0 Å². The summed E-state index contributed by atoms with van der Waals surface area (Å²) < 4.78 is 33.3. The molecular formula is C23H13Cl2Na3O9S. The van der Waals surface area contributed by atoms with E-state index in [9.17, 15) is 42.7 Å². The molecule has 0 radical (unpaired) electrons. The molecule has 0 fully saturated rings. The molecule has 0 spiro atoms.